The molecule has 32 heavy (non-hydrogen) atoms. The van der Waals surface area contributed by atoms with Gasteiger partial charge in [0.05, 0.1) is 17.6 Å². The van der Waals surface area contributed by atoms with Crippen molar-refractivity contribution in [1.29, 1.82) is 0 Å². The molecule has 3 aromatic rings. The molecule has 0 bridgehead atoms. The second-order valence-electron chi connectivity index (χ2n) is 8.10. The molecule has 2 heterocycles. The molecule has 8 nitrogen and oxygen atoms in total. The van der Waals surface area contributed by atoms with Gasteiger partial charge in [0.25, 0.3) is 11.5 Å². The largest absolute Gasteiger partial charge is 0.494 e. The zero-order valence-electron chi connectivity index (χ0n) is 18.4. The van der Waals surface area contributed by atoms with Crippen molar-refractivity contribution in [2.45, 2.75) is 58.5 Å². The molecule has 2 N–H and O–H groups in total. The quantitative estimate of drug-likeness (QED) is 0.502. The highest BCUT2D eigenvalue weighted by molar-refractivity contribution is 6.05. The highest BCUT2D eigenvalue weighted by Crippen LogP contribution is 2.39. The second-order valence-corrected chi connectivity index (χ2v) is 8.10. The predicted octanol–water partition coefficient (Wildman–Crippen LogP) is 3.09. The number of unbranched alkanes of at least 4 members (excludes halogenated alkanes) is 1. The summed E-state index contributed by atoms with van der Waals surface area (Å²) in [5, 5.41) is 3.05. The zero-order valence-corrected chi connectivity index (χ0v) is 18.4. The van der Waals surface area contributed by atoms with Crippen molar-refractivity contribution in [2.24, 2.45) is 0 Å². The van der Waals surface area contributed by atoms with Crippen molar-refractivity contribution in [3.63, 3.8) is 0 Å². The fourth-order valence-electron chi connectivity index (χ4n) is 3.71. The van der Waals surface area contributed by atoms with Gasteiger partial charge in [-0.15, -0.1) is 0 Å². The van der Waals surface area contributed by atoms with E-state index in [0.717, 1.165) is 42.7 Å². The minimum absolute atomic E-state index is 0.144. The van der Waals surface area contributed by atoms with Gasteiger partial charge in [0.2, 0.25) is 0 Å². The summed E-state index contributed by atoms with van der Waals surface area (Å²) in [6.45, 7) is 5.20. The van der Waals surface area contributed by atoms with Crippen molar-refractivity contribution >= 4 is 16.9 Å². The number of amides is 1. The fraction of sp³-hybridized carbons (Fsp3) is 0.417. The molecule has 0 unspecified atom stereocenters. The van der Waals surface area contributed by atoms with Gasteiger partial charge in [0.15, 0.2) is 5.65 Å². The Bertz CT molecular complexity index is 1260. The van der Waals surface area contributed by atoms with Gasteiger partial charge in [-0.25, -0.2) is 9.78 Å². The van der Waals surface area contributed by atoms with E-state index in [1.54, 1.807) is 13.0 Å². The molecule has 0 spiro atoms. The van der Waals surface area contributed by atoms with Crippen molar-refractivity contribution in [1.82, 2.24) is 19.9 Å². The van der Waals surface area contributed by atoms with Crippen LogP contribution in [0.4, 0.5) is 0 Å². The number of nitrogens with one attached hydrogen (secondary N) is 2. The van der Waals surface area contributed by atoms with Gasteiger partial charge in [0.1, 0.15) is 5.75 Å². The summed E-state index contributed by atoms with van der Waals surface area (Å²) < 4.78 is 7.14. The van der Waals surface area contributed by atoms with Crippen molar-refractivity contribution in [3.05, 3.63) is 68.0 Å². The lowest BCUT2D eigenvalue weighted by atomic mass is 10.1. The lowest BCUT2D eigenvalue weighted by Crippen LogP contribution is -2.33. The minimum Gasteiger partial charge on any atom is -0.494 e. The molecule has 0 radical (unpaired) electrons. The van der Waals surface area contributed by atoms with E-state index in [9.17, 15) is 14.4 Å². The number of carbonyl (C=O) groups is 1. The Labute approximate surface area is 185 Å². The van der Waals surface area contributed by atoms with Crippen molar-refractivity contribution in [2.75, 3.05) is 6.61 Å². The standard InChI is InChI=1S/C24H28N4O4/c1-3-5-11-32-17-8-6-7-15(12-17)14-25-22(29)18-13-19(16-9-10-16)26-21-20(18)23(30)27-24(31)28(21)4-2/h6-8,12-13,16H,3-5,9-11,14H2,1-2H3,(H,25,29)(H,27,30,31). The van der Waals surface area contributed by atoms with E-state index in [1.807, 2.05) is 24.3 Å². The van der Waals surface area contributed by atoms with E-state index < -0.39 is 11.2 Å². The summed E-state index contributed by atoms with van der Waals surface area (Å²) in [5.74, 6) is 0.657. The van der Waals surface area contributed by atoms with Gasteiger partial charge in [-0.2, -0.15) is 0 Å². The van der Waals surface area contributed by atoms with Crippen LogP contribution in [-0.2, 0) is 13.1 Å². The number of fused-ring (bicyclic) bond motifs is 1. The molecule has 0 aliphatic heterocycles. The number of nitrogens with zero attached hydrogens (tertiary/aromatic N) is 2. The lowest BCUT2D eigenvalue weighted by molar-refractivity contribution is 0.0952. The Morgan fingerprint density at radius 1 is 1.25 bits per heavy atom. The Balaban J connectivity index is 1.63. The van der Waals surface area contributed by atoms with Crippen molar-refractivity contribution in [3.8, 4) is 5.75 Å². The number of aryl methyl sites for hydroxylation is 1. The first-order chi connectivity index (χ1) is 15.5. The van der Waals surface area contributed by atoms with Crippen LogP contribution < -0.4 is 21.3 Å². The van der Waals surface area contributed by atoms with Gasteiger partial charge >= 0.3 is 5.69 Å². The maximum Gasteiger partial charge on any atom is 0.329 e. The molecule has 8 heteroatoms. The Hall–Kier alpha value is -3.42. The molecule has 1 aromatic carbocycles. The van der Waals surface area contributed by atoms with Gasteiger partial charge in [-0.3, -0.25) is 19.1 Å². The maximum absolute atomic E-state index is 13.1. The average Bonchev–Trinajstić information content (AvgIpc) is 3.63. The molecular formula is C24H28N4O4. The van der Waals surface area contributed by atoms with Crippen LogP contribution in [0.2, 0.25) is 0 Å². The Morgan fingerprint density at radius 3 is 2.78 bits per heavy atom. The van der Waals surface area contributed by atoms with Crippen LogP contribution in [0.5, 0.6) is 5.75 Å². The lowest BCUT2D eigenvalue weighted by Gasteiger charge is -2.13. The molecular weight excluding hydrogens is 408 g/mol. The molecule has 2 aromatic heterocycles. The third-order valence-electron chi connectivity index (χ3n) is 5.64. The van der Waals surface area contributed by atoms with Gasteiger partial charge in [0, 0.05) is 24.7 Å². The van der Waals surface area contributed by atoms with Gasteiger partial charge in [-0.1, -0.05) is 25.5 Å². The van der Waals surface area contributed by atoms with E-state index in [2.05, 4.69) is 22.2 Å². The monoisotopic (exact) mass is 436 g/mol. The average molecular weight is 437 g/mol. The molecule has 1 aliphatic rings. The number of aromatic amines is 1. The molecule has 1 amide bonds. The first-order valence-electron chi connectivity index (χ1n) is 11.2. The smallest absolute Gasteiger partial charge is 0.329 e. The Morgan fingerprint density at radius 2 is 2.06 bits per heavy atom. The molecule has 4 rings (SSSR count). The van der Waals surface area contributed by atoms with E-state index in [-0.39, 0.29) is 35.0 Å². The summed E-state index contributed by atoms with van der Waals surface area (Å²) in [4.78, 5) is 44.9. The number of pyridine rings is 1. The third-order valence-corrected chi connectivity index (χ3v) is 5.64. The van der Waals surface area contributed by atoms with Crippen LogP contribution in [0, 0.1) is 0 Å². The summed E-state index contributed by atoms with van der Waals surface area (Å²) in [5.41, 5.74) is 1.05. The number of carbonyl (C=O) groups excluding carboxylic acids is 1. The van der Waals surface area contributed by atoms with Crippen LogP contribution in [-0.4, -0.2) is 27.0 Å². The fourth-order valence-corrected chi connectivity index (χ4v) is 3.71. The number of hydrogen-bond donors (Lipinski definition) is 2. The van der Waals surface area contributed by atoms with Crippen molar-refractivity contribution < 1.29 is 9.53 Å². The molecule has 0 saturated heterocycles. The summed E-state index contributed by atoms with van der Waals surface area (Å²) >= 11 is 0. The normalized spacial score (nSPS) is 13.3. The van der Waals surface area contributed by atoms with Crippen LogP contribution >= 0.6 is 0 Å². The third kappa shape index (κ3) is 4.59. The molecule has 1 fully saturated rings. The number of rotatable bonds is 9. The van der Waals surface area contributed by atoms with Gasteiger partial charge < -0.3 is 10.1 Å². The number of aromatic nitrogens is 3. The summed E-state index contributed by atoms with van der Waals surface area (Å²) in [6.07, 6.45) is 4.02. The Kier molecular flexibility index (Phi) is 6.39. The summed E-state index contributed by atoms with van der Waals surface area (Å²) in [6, 6.07) is 9.29. The minimum atomic E-state index is -0.596. The highest BCUT2D eigenvalue weighted by atomic mass is 16.5. The second kappa shape index (κ2) is 9.38. The molecule has 1 saturated carbocycles. The number of ether oxygens (including phenoxy) is 1. The first kappa shape index (κ1) is 21.8. The number of benzene rings is 1. The predicted molar refractivity (Wildman–Crippen MR) is 122 cm³/mol. The van der Waals surface area contributed by atoms with E-state index in [0.29, 0.717) is 13.2 Å². The SMILES string of the molecule is CCCCOc1cccc(CNC(=O)c2cc(C3CC3)nc3c2c(=O)[nH]c(=O)n3CC)c1. The van der Waals surface area contributed by atoms with Crippen LogP contribution in [0.25, 0.3) is 11.0 Å². The molecule has 168 valence electrons. The molecule has 0 atom stereocenters. The first-order valence-corrected chi connectivity index (χ1v) is 11.2. The topological polar surface area (TPSA) is 106 Å². The molecule has 1 aliphatic carbocycles. The van der Waals surface area contributed by atoms with E-state index in [4.69, 9.17) is 4.74 Å². The summed E-state index contributed by atoms with van der Waals surface area (Å²) in [7, 11) is 0. The van der Waals surface area contributed by atoms with Crippen LogP contribution in [0.3, 0.4) is 0 Å². The van der Waals surface area contributed by atoms with Gasteiger partial charge in [-0.05, 0) is 49.9 Å². The highest BCUT2D eigenvalue weighted by Gasteiger charge is 2.28. The zero-order chi connectivity index (χ0) is 22.7. The number of hydrogen-bond acceptors (Lipinski definition) is 5. The van der Waals surface area contributed by atoms with E-state index in [1.165, 1.54) is 4.57 Å². The maximum atomic E-state index is 13.1. The van der Waals surface area contributed by atoms with Crippen LogP contribution in [0.15, 0.2) is 39.9 Å². The number of H-pyrrole nitrogens is 1. The van der Waals surface area contributed by atoms with E-state index >= 15 is 0 Å². The van der Waals surface area contributed by atoms with Crippen LogP contribution in [0.1, 0.15) is 67.1 Å².